The highest BCUT2D eigenvalue weighted by atomic mass is 16.5. The van der Waals surface area contributed by atoms with E-state index in [4.69, 9.17) is 9.47 Å². The minimum atomic E-state index is 0.121. The van der Waals surface area contributed by atoms with Crippen LogP contribution in [-0.4, -0.2) is 13.2 Å². The lowest BCUT2D eigenvalue weighted by atomic mass is 9.87. The Balaban J connectivity index is 1.78. The highest BCUT2D eigenvalue weighted by molar-refractivity contribution is 5.77. The van der Waals surface area contributed by atoms with Crippen LogP contribution in [0.25, 0.3) is 0 Å². The number of unbranched alkanes of at least 4 members (excludes halogenated alkanes) is 6. The van der Waals surface area contributed by atoms with E-state index in [1.165, 1.54) is 44.1 Å². The van der Waals surface area contributed by atoms with Crippen LogP contribution in [0.15, 0.2) is 72.8 Å². The second kappa shape index (κ2) is 14.7. The minimum absolute atomic E-state index is 0.121. The Kier molecular flexibility index (Phi) is 11.4. The zero-order valence-electron chi connectivity index (χ0n) is 23.8. The molecule has 3 heteroatoms. The molecule has 0 bridgehead atoms. The third-order valence-electron chi connectivity index (χ3n) is 6.71. The molecular weight excluding hydrogens is 454 g/mol. The van der Waals surface area contributed by atoms with Crippen LogP contribution >= 0.6 is 0 Å². The fraction of sp³-hybridized carbons (Fsp3) is 0.471. The Morgan fingerprint density at radius 3 is 1.24 bits per heavy atom. The molecule has 0 unspecified atom stereocenters. The summed E-state index contributed by atoms with van der Waals surface area (Å²) in [5, 5.41) is 0. The smallest absolute Gasteiger partial charge is 0.119 e. The van der Waals surface area contributed by atoms with Crippen LogP contribution in [0.1, 0.15) is 91.5 Å². The van der Waals surface area contributed by atoms with Crippen LogP contribution < -0.4 is 14.4 Å². The lowest BCUT2D eigenvalue weighted by Gasteiger charge is -2.27. The molecule has 0 N–H and O–H groups in total. The maximum absolute atomic E-state index is 5.99. The van der Waals surface area contributed by atoms with Gasteiger partial charge in [0, 0.05) is 17.1 Å². The number of benzene rings is 3. The van der Waals surface area contributed by atoms with Crippen molar-refractivity contribution < 1.29 is 9.47 Å². The lowest BCUT2D eigenvalue weighted by molar-refractivity contribution is 0.305. The number of ether oxygens (including phenoxy) is 2. The molecule has 200 valence electrons. The molecule has 0 heterocycles. The van der Waals surface area contributed by atoms with Gasteiger partial charge in [-0.1, -0.05) is 85.3 Å². The summed E-state index contributed by atoms with van der Waals surface area (Å²) in [4.78, 5) is 2.29. The molecule has 0 aromatic heterocycles. The van der Waals surface area contributed by atoms with Crippen molar-refractivity contribution >= 4 is 17.1 Å². The van der Waals surface area contributed by atoms with Crippen LogP contribution in [0.5, 0.6) is 11.5 Å². The molecule has 0 fully saturated rings. The summed E-state index contributed by atoms with van der Waals surface area (Å²) in [5.41, 5.74) is 4.80. The summed E-state index contributed by atoms with van der Waals surface area (Å²) in [7, 11) is 0. The van der Waals surface area contributed by atoms with E-state index in [0.29, 0.717) is 0 Å². The molecule has 0 aliphatic heterocycles. The molecule has 0 spiro atoms. The molecule has 0 aliphatic rings. The van der Waals surface area contributed by atoms with Gasteiger partial charge in [-0.15, -0.1) is 0 Å². The molecule has 0 atom stereocenters. The normalized spacial score (nSPS) is 11.4. The molecule has 3 nitrogen and oxygen atoms in total. The Bertz CT molecular complexity index is 960. The van der Waals surface area contributed by atoms with Crippen LogP contribution in [0, 0.1) is 0 Å². The van der Waals surface area contributed by atoms with Crippen molar-refractivity contribution in [2.45, 2.75) is 91.4 Å². The fourth-order valence-corrected chi connectivity index (χ4v) is 4.38. The zero-order valence-corrected chi connectivity index (χ0v) is 23.8. The van der Waals surface area contributed by atoms with Gasteiger partial charge in [0.2, 0.25) is 0 Å². The van der Waals surface area contributed by atoms with Gasteiger partial charge in [-0.3, -0.25) is 0 Å². The second-order valence-electron chi connectivity index (χ2n) is 10.9. The predicted molar refractivity (Wildman–Crippen MR) is 159 cm³/mol. The number of rotatable bonds is 15. The Labute approximate surface area is 225 Å². The molecule has 3 aromatic carbocycles. The van der Waals surface area contributed by atoms with E-state index in [1.807, 2.05) is 0 Å². The van der Waals surface area contributed by atoms with E-state index in [9.17, 15) is 0 Å². The standard InChI is InChI=1S/C34H47NO2/c1-6-8-10-12-26-36-32-22-18-30(19-23-32)35(29-16-14-28(15-17-29)34(3,4)5)31-20-24-33(25-21-31)37-27-13-11-9-7-2/h14-25H,6-13,26-27H2,1-5H3. The van der Waals surface area contributed by atoms with Crippen molar-refractivity contribution in [3.8, 4) is 11.5 Å². The highest BCUT2D eigenvalue weighted by Gasteiger charge is 2.16. The van der Waals surface area contributed by atoms with Crippen molar-refractivity contribution in [1.82, 2.24) is 0 Å². The zero-order chi connectivity index (χ0) is 26.5. The van der Waals surface area contributed by atoms with E-state index in [2.05, 4.69) is 112 Å². The van der Waals surface area contributed by atoms with Crippen LogP contribution in [0.4, 0.5) is 17.1 Å². The molecule has 3 aromatic rings. The molecule has 37 heavy (non-hydrogen) atoms. The number of hydrogen-bond acceptors (Lipinski definition) is 3. The molecule has 3 rings (SSSR count). The Morgan fingerprint density at radius 1 is 0.514 bits per heavy atom. The van der Waals surface area contributed by atoms with E-state index in [1.54, 1.807) is 0 Å². The number of anilines is 3. The average molecular weight is 502 g/mol. The molecule has 0 aliphatic carbocycles. The van der Waals surface area contributed by atoms with Gasteiger partial charge >= 0.3 is 0 Å². The van der Waals surface area contributed by atoms with Crippen molar-refractivity contribution in [3.63, 3.8) is 0 Å². The summed E-state index contributed by atoms with van der Waals surface area (Å²) in [6.45, 7) is 12.8. The topological polar surface area (TPSA) is 21.7 Å². The Hall–Kier alpha value is -2.94. The van der Waals surface area contributed by atoms with Crippen molar-refractivity contribution in [2.75, 3.05) is 18.1 Å². The van der Waals surface area contributed by atoms with Crippen molar-refractivity contribution in [2.24, 2.45) is 0 Å². The van der Waals surface area contributed by atoms with Crippen molar-refractivity contribution in [1.29, 1.82) is 0 Å². The first kappa shape index (κ1) is 28.6. The monoisotopic (exact) mass is 501 g/mol. The van der Waals surface area contributed by atoms with Gasteiger partial charge in [0.05, 0.1) is 13.2 Å². The first-order chi connectivity index (χ1) is 17.9. The molecule has 0 radical (unpaired) electrons. The van der Waals surface area contributed by atoms with Gasteiger partial charge in [-0.25, -0.2) is 0 Å². The fourth-order valence-electron chi connectivity index (χ4n) is 4.38. The summed E-state index contributed by atoms with van der Waals surface area (Å²) >= 11 is 0. The van der Waals surface area contributed by atoms with E-state index in [0.717, 1.165) is 54.6 Å². The SMILES string of the molecule is CCCCCCOc1ccc(N(c2ccc(OCCCCCC)cc2)c2ccc(C(C)(C)C)cc2)cc1. The Morgan fingerprint density at radius 2 is 0.892 bits per heavy atom. The van der Waals surface area contributed by atoms with Gasteiger partial charge in [-0.05, 0) is 84.5 Å². The van der Waals surface area contributed by atoms with Crippen LogP contribution in [0.2, 0.25) is 0 Å². The number of hydrogen-bond donors (Lipinski definition) is 0. The summed E-state index contributed by atoms with van der Waals surface area (Å²) < 4.78 is 12.0. The molecule has 0 amide bonds. The highest BCUT2D eigenvalue weighted by Crippen LogP contribution is 2.37. The lowest BCUT2D eigenvalue weighted by Crippen LogP contribution is -2.13. The van der Waals surface area contributed by atoms with Crippen LogP contribution in [-0.2, 0) is 5.41 Å². The van der Waals surface area contributed by atoms with Crippen LogP contribution in [0.3, 0.4) is 0 Å². The minimum Gasteiger partial charge on any atom is -0.494 e. The first-order valence-electron chi connectivity index (χ1n) is 14.3. The molecule has 0 saturated carbocycles. The number of nitrogens with zero attached hydrogens (tertiary/aromatic N) is 1. The van der Waals surface area contributed by atoms with Gasteiger partial charge in [0.15, 0.2) is 0 Å². The van der Waals surface area contributed by atoms with Gasteiger partial charge in [-0.2, -0.15) is 0 Å². The average Bonchev–Trinajstić information content (AvgIpc) is 2.90. The maximum atomic E-state index is 5.99. The van der Waals surface area contributed by atoms with Gasteiger partial charge in [0.25, 0.3) is 0 Å². The molecule has 0 saturated heterocycles. The van der Waals surface area contributed by atoms with Gasteiger partial charge < -0.3 is 14.4 Å². The third-order valence-corrected chi connectivity index (χ3v) is 6.71. The van der Waals surface area contributed by atoms with Gasteiger partial charge in [0.1, 0.15) is 11.5 Å². The van der Waals surface area contributed by atoms with Crippen molar-refractivity contribution in [3.05, 3.63) is 78.4 Å². The third kappa shape index (κ3) is 9.14. The first-order valence-corrected chi connectivity index (χ1v) is 14.3. The molecular formula is C34H47NO2. The summed E-state index contributed by atoms with van der Waals surface area (Å²) in [6.07, 6.45) is 9.70. The summed E-state index contributed by atoms with van der Waals surface area (Å²) in [6, 6.07) is 25.8. The second-order valence-corrected chi connectivity index (χ2v) is 10.9. The summed E-state index contributed by atoms with van der Waals surface area (Å²) in [5.74, 6) is 1.85. The van der Waals surface area contributed by atoms with E-state index in [-0.39, 0.29) is 5.41 Å². The predicted octanol–water partition coefficient (Wildman–Crippen LogP) is 10.4. The largest absolute Gasteiger partial charge is 0.494 e. The van der Waals surface area contributed by atoms with E-state index < -0.39 is 0 Å². The quantitative estimate of drug-likeness (QED) is 0.193. The van der Waals surface area contributed by atoms with E-state index >= 15 is 0 Å². The maximum Gasteiger partial charge on any atom is 0.119 e.